The minimum Gasteiger partial charge on any atom is -0.480 e. The largest absolute Gasteiger partial charge is 0.480 e. The molecule has 0 aliphatic carbocycles. The molecule has 1 atom stereocenters. The molecule has 0 bridgehead atoms. The molecule has 1 unspecified atom stereocenters. The van der Waals surface area contributed by atoms with Crippen molar-refractivity contribution in [2.45, 2.75) is 19.6 Å². The third-order valence-corrected chi connectivity index (χ3v) is 6.53. The van der Waals surface area contributed by atoms with Gasteiger partial charge in [-0.2, -0.15) is 0 Å². The van der Waals surface area contributed by atoms with E-state index in [9.17, 15) is 34.2 Å². The van der Waals surface area contributed by atoms with Gasteiger partial charge in [0.1, 0.15) is 6.04 Å². The number of aliphatic carboxylic acids is 3. The molecule has 0 radical (unpaired) electrons. The summed E-state index contributed by atoms with van der Waals surface area (Å²) in [5.74, 6) is -3.80. The SMILES string of the molecule is CCN(CCN(CCN(CC(=O)O)C(COCc1ccccc1)C(=O)N(C)CCN(C)C(=O)O)CC(=O)O)CC(=O)O. The number of hydrogen-bond acceptors (Lipinski definition) is 9. The Kier molecular flexibility index (Phi) is 16.7. The van der Waals surface area contributed by atoms with Crippen LogP contribution >= 0.6 is 0 Å². The van der Waals surface area contributed by atoms with Crippen molar-refractivity contribution in [3.8, 4) is 0 Å². The highest BCUT2D eigenvalue weighted by Gasteiger charge is 2.31. The van der Waals surface area contributed by atoms with E-state index in [0.29, 0.717) is 6.54 Å². The highest BCUT2D eigenvalue weighted by atomic mass is 16.5. The van der Waals surface area contributed by atoms with Crippen LogP contribution in [0.25, 0.3) is 0 Å². The first-order valence-electron chi connectivity index (χ1n) is 13.5. The molecular formula is C27H43N5O10. The lowest BCUT2D eigenvalue weighted by Gasteiger charge is -2.34. The van der Waals surface area contributed by atoms with Gasteiger partial charge in [0.2, 0.25) is 5.91 Å². The molecule has 0 fully saturated rings. The van der Waals surface area contributed by atoms with Crippen molar-refractivity contribution in [3.63, 3.8) is 0 Å². The fourth-order valence-electron chi connectivity index (χ4n) is 4.03. The van der Waals surface area contributed by atoms with Crippen molar-refractivity contribution in [2.75, 3.05) is 86.1 Å². The number of benzene rings is 1. The third-order valence-electron chi connectivity index (χ3n) is 6.53. The van der Waals surface area contributed by atoms with Crippen LogP contribution < -0.4 is 0 Å². The molecule has 0 saturated carbocycles. The second-order valence-electron chi connectivity index (χ2n) is 9.78. The molecule has 42 heavy (non-hydrogen) atoms. The number of hydrogen-bond donors (Lipinski definition) is 4. The Hall–Kier alpha value is -3.79. The lowest BCUT2D eigenvalue weighted by Crippen LogP contribution is -2.54. The third kappa shape index (κ3) is 14.7. The van der Waals surface area contributed by atoms with Crippen molar-refractivity contribution < 1.29 is 49.1 Å². The van der Waals surface area contributed by atoms with E-state index in [0.717, 1.165) is 10.5 Å². The van der Waals surface area contributed by atoms with E-state index in [1.165, 1.54) is 23.9 Å². The van der Waals surface area contributed by atoms with Gasteiger partial charge in [-0.1, -0.05) is 37.3 Å². The van der Waals surface area contributed by atoms with Crippen LogP contribution in [0.2, 0.25) is 0 Å². The molecule has 236 valence electrons. The smallest absolute Gasteiger partial charge is 0.407 e. The van der Waals surface area contributed by atoms with E-state index in [2.05, 4.69) is 0 Å². The Morgan fingerprint density at radius 3 is 1.79 bits per heavy atom. The number of likely N-dealkylation sites (N-methyl/N-ethyl adjacent to an activating group) is 3. The number of ether oxygens (including phenoxy) is 1. The second kappa shape index (κ2) is 19.4. The van der Waals surface area contributed by atoms with Crippen LogP contribution in [-0.4, -0.2) is 167 Å². The summed E-state index contributed by atoms with van der Waals surface area (Å²) < 4.78 is 5.82. The predicted molar refractivity (Wildman–Crippen MR) is 151 cm³/mol. The fraction of sp³-hybridized carbons (Fsp3) is 0.593. The number of nitrogens with zero attached hydrogens (tertiary/aromatic N) is 5. The maximum atomic E-state index is 13.5. The highest BCUT2D eigenvalue weighted by molar-refractivity contribution is 5.82. The number of amides is 2. The number of carboxylic acids is 3. The van der Waals surface area contributed by atoms with Crippen LogP contribution in [0.15, 0.2) is 30.3 Å². The zero-order valence-electron chi connectivity index (χ0n) is 24.4. The van der Waals surface area contributed by atoms with Crippen LogP contribution in [0.4, 0.5) is 4.79 Å². The summed E-state index contributed by atoms with van der Waals surface area (Å²) in [4.78, 5) is 66.1. The van der Waals surface area contributed by atoms with Crippen molar-refractivity contribution in [1.82, 2.24) is 24.5 Å². The van der Waals surface area contributed by atoms with Crippen LogP contribution in [0, 0.1) is 0 Å². The average molecular weight is 598 g/mol. The van der Waals surface area contributed by atoms with Gasteiger partial charge in [0.15, 0.2) is 0 Å². The lowest BCUT2D eigenvalue weighted by molar-refractivity contribution is -0.145. The van der Waals surface area contributed by atoms with E-state index < -0.39 is 42.5 Å². The van der Waals surface area contributed by atoms with E-state index >= 15 is 0 Å². The zero-order chi connectivity index (χ0) is 31.7. The van der Waals surface area contributed by atoms with Crippen molar-refractivity contribution in [1.29, 1.82) is 0 Å². The quantitative estimate of drug-likeness (QED) is 0.138. The Morgan fingerprint density at radius 2 is 1.24 bits per heavy atom. The molecular weight excluding hydrogens is 554 g/mol. The number of carboxylic acid groups (broad SMARTS) is 4. The number of rotatable bonds is 22. The topological polar surface area (TPSA) is 192 Å². The molecule has 15 nitrogen and oxygen atoms in total. The Balaban J connectivity index is 3.11. The van der Waals surface area contributed by atoms with Crippen molar-refractivity contribution in [2.24, 2.45) is 0 Å². The molecule has 0 spiro atoms. The maximum absolute atomic E-state index is 13.5. The molecule has 1 aromatic carbocycles. The minimum atomic E-state index is -1.20. The van der Waals surface area contributed by atoms with Crippen LogP contribution in [-0.2, 0) is 30.5 Å². The lowest BCUT2D eigenvalue weighted by atomic mass is 10.2. The predicted octanol–water partition coefficient (Wildman–Crippen LogP) is -0.180. The molecule has 0 aliphatic rings. The summed E-state index contributed by atoms with van der Waals surface area (Å²) >= 11 is 0. The van der Waals surface area contributed by atoms with E-state index in [1.54, 1.807) is 16.7 Å². The van der Waals surface area contributed by atoms with Gasteiger partial charge in [-0.15, -0.1) is 0 Å². The van der Waals surface area contributed by atoms with Crippen molar-refractivity contribution in [3.05, 3.63) is 35.9 Å². The summed E-state index contributed by atoms with van der Waals surface area (Å²) in [5, 5.41) is 37.3. The average Bonchev–Trinajstić information content (AvgIpc) is 2.93. The van der Waals surface area contributed by atoms with Gasteiger partial charge in [-0.05, 0) is 12.1 Å². The number of carbonyl (C=O) groups is 5. The van der Waals surface area contributed by atoms with E-state index in [1.807, 2.05) is 30.3 Å². The summed E-state index contributed by atoms with van der Waals surface area (Å²) in [6.45, 7) is 1.77. The molecule has 0 saturated heterocycles. The Labute approximate surface area is 245 Å². The zero-order valence-corrected chi connectivity index (χ0v) is 24.4. The first-order chi connectivity index (χ1) is 19.8. The summed E-state index contributed by atoms with van der Waals surface area (Å²) in [7, 11) is 2.85. The van der Waals surface area contributed by atoms with Gasteiger partial charge in [0.05, 0.1) is 32.8 Å². The monoisotopic (exact) mass is 597 g/mol. The van der Waals surface area contributed by atoms with Gasteiger partial charge in [0, 0.05) is 53.4 Å². The molecule has 2 amide bonds. The summed E-state index contributed by atoms with van der Waals surface area (Å²) in [6, 6.07) is 8.13. The van der Waals surface area contributed by atoms with Gasteiger partial charge in [0.25, 0.3) is 0 Å². The first kappa shape index (κ1) is 36.2. The molecule has 1 rings (SSSR count). The first-order valence-corrected chi connectivity index (χ1v) is 13.5. The molecule has 4 N–H and O–H groups in total. The number of carbonyl (C=O) groups excluding carboxylic acids is 1. The Bertz CT molecular complexity index is 1010. The van der Waals surface area contributed by atoms with Gasteiger partial charge in [-0.25, -0.2) is 4.79 Å². The van der Waals surface area contributed by atoms with Gasteiger partial charge < -0.3 is 35.0 Å². The minimum absolute atomic E-state index is 0.00138. The fourth-order valence-corrected chi connectivity index (χ4v) is 4.03. The normalized spacial score (nSPS) is 12.0. The second-order valence-corrected chi connectivity index (χ2v) is 9.78. The van der Waals surface area contributed by atoms with Gasteiger partial charge >= 0.3 is 24.0 Å². The molecule has 0 aliphatic heterocycles. The van der Waals surface area contributed by atoms with Crippen LogP contribution in [0.3, 0.4) is 0 Å². The van der Waals surface area contributed by atoms with E-state index in [4.69, 9.17) is 14.9 Å². The Morgan fingerprint density at radius 1 is 0.714 bits per heavy atom. The molecule has 0 aromatic heterocycles. The molecule has 1 aromatic rings. The van der Waals surface area contributed by atoms with Crippen LogP contribution in [0.1, 0.15) is 12.5 Å². The van der Waals surface area contributed by atoms with Crippen molar-refractivity contribution >= 4 is 29.9 Å². The van der Waals surface area contributed by atoms with Crippen LogP contribution in [0.5, 0.6) is 0 Å². The molecule has 15 heteroatoms. The summed E-state index contributed by atoms with van der Waals surface area (Å²) in [6.07, 6.45) is -1.16. The maximum Gasteiger partial charge on any atom is 0.407 e. The standard InChI is InChI=1S/C27H43N5O10/c1-4-30(16-23(33)34)12-13-31(17-24(35)36)14-15-32(18-25(37)38)22(20-42-19-21-8-6-5-7-9-21)26(39)28(2)10-11-29(3)27(40)41/h5-9,22H,4,10-20H2,1-3H3,(H,33,34)(H,35,36)(H,37,38)(H,40,41). The summed E-state index contributed by atoms with van der Waals surface area (Å²) in [5.41, 5.74) is 0.847. The van der Waals surface area contributed by atoms with Gasteiger partial charge in [-0.3, -0.25) is 33.9 Å². The van der Waals surface area contributed by atoms with E-state index in [-0.39, 0.29) is 65.6 Å². The molecule has 0 heterocycles. The highest BCUT2D eigenvalue weighted by Crippen LogP contribution is 2.09.